The van der Waals surface area contributed by atoms with Crippen molar-refractivity contribution in [1.29, 1.82) is 0 Å². The van der Waals surface area contributed by atoms with Crippen LogP contribution < -0.4 is 5.73 Å². The van der Waals surface area contributed by atoms with E-state index < -0.39 is 0 Å². The molecule has 0 saturated heterocycles. The monoisotopic (exact) mass is 183 g/mol. The molecule has 0 fully saturated rings. The van der Waals surface area contributed by atoms with Crippen molar-refractivity contribution >= 4 is 17.4 Å². The lowest BCUT2D eigenvalue weighted by molar-refractivity contribution is -0.117. The number of rotatable bonds is 3. The number of hydrogen-bond donors (Lipinski definition) is 1. The molecule has 0 spiro atoms. The van der Waals surface area contributed by atoms with Gasteiger partial charge in [0.15, 0.2) is 5.78 Å². The molecule has 0 aliphatic rings. The fourth-order valence-corrected chi connectivity index (χ4v) is 1.03. The molecule has 12 heavy (non-hydrogen) atoms. The predicted octanol–water partition coefficient (Wildman–Crippen LogP) is 1.41. The third-order valence-corrected chi connectivity index (χ3v) is 1.79. The molecule has 0 unspecified atom stereocenters. The normalized spacial score (nSPS) is 9.83. The molecule has 3 heteroatoms. The molecule has 1 rings (SSSR count). The number of Topliss-reactive ketones (excluding diaryl/α,β-unsaturated/α-hetero) is 1. The van der Waals surface area contributed by atoms with Crippen LogP contribution in [-0.2, 0) is 11.2 Å². The Hall–Kier alpha value is -0.860. The number of benzene rings is 1. The number of carbonyl (C=O) groups is 1. The zero-order chi connectivity index (χ0) is 8.97. The standard InChI is InChI=1S/C9H10ClNO/c10-8-3-1-7(2-4-8)5-9(12)6-11/h1-4H,5-6,11H2. The topological polar surface area (TPSA) is 43.1 Å². The van der Waals surface area contributed by atoms with Crippen LogP contribution in [0.4, 0.5) is 0 Å². The van der Waals surface area contributed by atoms with Crippen LogP contribution in [0.5, 0.6) is 0 Å². The molecule has 0 amide bonds. The van der Waals surface area contributed by atoms with Crippen molar-refractivity contribution in [2.45, 2.75) is 6.42 Å². The summed E-state index contributed by atoms with van der Waals surface area (Å²) in [5.74, 6) is 0.0392. The maximum atomic E-state index is 10.9. The summed E-state index contributed by atoms with van der Waals surface area (Å²) in [6.07, 6.45) is 0.396. The quantitative estimate of drug-likeness (QED) is 0.770. The van der Waals surface area contributed by atoms with E-state index in [0.717, 1.165) is 5.56 Å². The lowest BCUT2D eigenvalue weighted by atomic mass is 10.1. The zero-order valence-electron chi connectivity index (χ0n) is 6.59. The molecule has 0 saturated carbocycles. The molecule has 0 aliphatic carbocycles. The van der Waals surface area contributed by atoms with E-state index >= 15 is 0 Å². The molecule has 0 atom stereocenters. The van der Waals surface area contributed by atoms with Crippen molar-refractivity contribution in [2.24, 2.45) is 5.73 Å². The van der Waals surface area contributed by atoms with Gasteiger partial charge in [0.25, 0.3) is 0 Å². The van der Waals surface area contributed by atoms with Gasteiger partial charge in [0, 0.05) is 11.4 Å². The first-order valence-electron chi connectivity index (χ1n) is 3.68. The number of ketones is 1. The van der Waals surface area contributed by atoms with Crippen molar-refractivity contribution in [3.63, 3.8) is 0 Å². The van der Waals surface area contributed by atoms with E-state index in [4.69, 9.17) is 17.3 Å². The molecular formula is C9H10ClNO. The van der Waals surface area contributed by atoms with Gasteiger partial charge in [-0.1, -0.05) is 23.7 Å². The van der Waals surface area contributed by atoms with Gasteiger partial charge < -0.3 is 5.73 Å². The highest BCUT2D eigenvalue weighted by molar-refractivity contribution is 6.30. The number of halogens is 1. The summed E-state index contributed by atoms with van der Waals surface area (Å²) in [6, 6.07) is 7.19. The van der Waals surface area contributed by atoms with Crippen LogP contribution in [0.25, 0.3) is 0 Å². The van der Waals surface area contributed by atoms with E-state index in [0.29, 0.717) is 11.4 Å². The zero-order valence-corrected chi connectivity index (χ0v) is 7.34. The van der Waals surface area contributed by atoms with Gasteiger partial charge in [-0.25, -0.2) is 0 Å². The van der Waals surface area contributed by atoms with Gasteiger partial charge in [0.1, 0.15) is 0 Å². The molecule has 0 bridgehead atoms. The highest BCUT2D eigenvalue weighted by Crippen LogP contribution is 2.09. The second-order valence-corrected chi connectivity index (χ2v) is 2.98. The van der Waals surface area contributed by atoms with Crippen LogP contribution in [0.3, 0.4) is 0 Å². The average Bonchev–Trinajstić information content (AvgIpc) is 2.09. The van der Waals surface area contributed by atoms with Crippen molar-refractivity contribution in [3.05, 3.63) is 34.9 Å². The van der Waals surface area contributed by atoms with Crippen molar-refractivity contribution in [2.75, 3.05) is 6.54 Å². The van der Waals surface area contributed by atoms with E-state index in [2.05, 4.69) is 0 Å². The highest BCUT2D eigenvalue weighted by Gasteiger charge is 1.99. The van der Waals surface area contributed by atoms with Gasteiger partial charge in [-0.15, -0.1) is 0 Å². The van der Waals surface area contributed by atoms with Gasteiger partial charge >= 0.3 is 0 Å². The summed E-state index contributed by atoms with van der Waals surface area (Å²) in [6.45, 7) is 0.0998. The molecule has 0 radical (unpaired) electrons. The Morgan fingerprint density at radius 3 is 2.42 bits per heavy atom. The maximum Gasteiger partial charge on any atom is 0.150 e. The minimum absolute atomic E-state index is 0.0392. The Labute approximate surface area is 76.3 Å². The van der Waals surface area contributed by atoms with Crippen LogP contribution in [0.1, 0.15) is 5.56 Å². The summed E-state index contributed by atoms with van der Waals surface area (Å²) in [5, 5.41) is 0.680. The largest absolute Gasteiger partial charge is 0.324 e. The number of hydrogen-bond acceptors (Lipinski definition) is 2. The van der Waals surface area contributed by atoms with Crippen molar-refractivity contribution in [3.8, 4) is 0 Å². The van der Waals surface area contributed by atoms with E-state index in [1.807, 2.05) is 12.1 Å². The molecule has 1 aromatic carbocycles. The van der Waals surface area contributed by atoms with E-state index in [1.54, 1.807) is 12.1 Å². The van der Waals surface area contributed by atoms with Gasteiger partial charge in [0.05, 0.1) is 6.54 Å². The molecule has 64 valence electrons. The first-order valence-corrected chi connectivity index (χ1v) is 4.06. The van der Waals surface area contributed by atoms with Crippen LogP contribution in [-0.4, -0.2) is 12.3 Å². The number of nitrogens with two attached hydrogens (primary N) is 1. The highest BCUT2D eigenvalue weighted by atomic mass is 35.5. The molecule has 0 aliphatic heterocycles. The molecule has 0 aromatic heterocycles. The Kier molecular flexibility index (Phi) is 3.26. The van der Waals surface area contributed by atoms with Gasteiger partial charge in [-0.3, -0.25) is 4.79 Å². The lowest BCUT2D eigenvalue weighted by Gasteiger charge is -1.98. The second-order valence-electron chi connectivity index (χ2n) is 2.55. The Morgan fingerprint density at radius 2 is 1.92 bits per heavy atom. The Morgan fingerprint density at radius 1 is 1.33 bits per heavy atom. The summed E-state index contributed by atoms with van der Waals surface area (Å²) in [4.78, 5) is 10.9. The maximum absolute atomic E-state index is 10.9. The summed E-state index contributed by atoms with van der Waals surface area (Å²) >= 11 is 5.67. The fourth-order valence-electron chi connectivity index (χ4n) is 0.902. The van der Waals surface area contributed by atoms with Crippen LogP contribution in [0.2, 0.25) is 5.02 Å². The molecule has 2 nitrogen and oxygen atoms in total. The van der Waals surface area contributed by atoms with Gasteiger partial charge in [-0.05, 0) is 17.7 Å². The Balaban J connectivity index is 2.64. The summed E-state index contributed by atoms with van der Waals surface area (Å²) < 4.78 is 0. The SMILES string of the molecule is NCC(=O)Cc1ccc(Cl)cc1. The summed E-state index contributed by atoms with van der Waals surface area (Å²) in [5.41, 5.74) is 6.13. The van der Waals surface area contributed by atoms with Crippen LogP contribution >= 0.6 is 11.6 Å². The van der Waals surface area contributed by atoms with E-state index in [-0.39, 0.29) is 12.3 Å². The smallest absolute Gasteiger partial charge is 0.150 e. The third-order valence-electron chi connectivity index (χ3n) is 1.54. The van der Waals surface area contributed by atoms with Crippen LogP contribution in [0.15, 0.2) is 24.3 Å². The van der Waals surface area contributed by atoms with E-state index in [1.165, 1.54) is 0 Å². The lowest BCUT2D eigenvalue weighted by Crippen LogP contribution is -2.15. The molecular weight excluding hydrogens is 174 g/mol. The summed E-state index contributed by atoms with van der Waals surface area (Å²) in [7, 11) is 0. The van der Waals surface area contributed by atoms with Crippen molar-refractivity contribution < 1.29 is 4.79 Å². The first-order chi connectivity index (χ1) is 5.72. The Bertz CT molecular complexity index is 268. The van der Waals surface area contributed by atoms with Gasteiger partial charge in [-0.2, -0.15) is 0 Å². The third kappa shape index (κ3) is 2.64. The van der Waals surface area contributed by atoms with E-state index in [9.17, 15) is 4.79 Å². The molecule has 2 N–H and O–H groups in total. The molecule has 1 aromatic rings. The van der Waals surface area contributed by atoms with Crippen molar-refractivity contribution in [1.82, 2.24) is 0 Å². The predicted molar refractivity (Wildman–Crippen MR) is 49.2 cm³/mol. The number of carbonyl (C=O) groups excluding carboxylic acids is 1. The first kappa shape index (κ1) is 9.23. The van der Waals surface area contributed by atoms with Crippen LogP contribution in [0, 0.1) is 0 Å². The molecule has 0 heterocycles. The average molecular weight is 184 g/mol. The fraction of sp³-hybridized carbons (Fsp3) is 0.222. The second kappa shape index (κ2) is 4.24. The van der Waals surface area contributed by atoms with Gasteiger partial charge in [0.2, 0.25) is 0 Å². The minimum Gasteiger partial charge on any atom is -0.324 e. The minimum atomic E-state index is 0.0392.